The molecule has 1 aromatic heterocycles. The van der Waals surface area contributed by atoms with Gasteiger partial charge in [0.1, 0.15) is 0 Å². The van der Waals surface area contributed by atoms with Crippen LogP contribution in [-0.4, -0.2) is 18.0 Å². The third-order valence-electron chi connectivity index (χ3n) is 3.29. The summed E-state index contributed by atoms with van der Waals surface area (Å²) in [5.74, 6) is -0.0581. The molecule has 0 radical (unpaired) electrons. The fourth-order valence-electron chi connectivity index (χ4n) is 2.27. The first-order chi connectivity index (χ1) is 9.97. The van der Waals surface area contributed by atoms with Crippen molar-refractivity contribution in [1.82, 2.24) is 9.55 Å². The van der Waals surface area contributed by atoms with Crippen LogP contribution < -0.4 is 0 Å². The molecular formula is C15H13BrN2O2S. The van der Waals surface area contributed by atoms with Gasteiger partial charge in [0.15, 0.2) is 0 Å². The molecule has 0 N–H and O–H groups in total. The third kappa shape index (κ3) is 2.73. The Bertz CT molecular complexity index is 899. The lowest BCUT2D eigenvalue weighted by molar-refractivity contribution is 0.580. The summed E-state index contributed by atoms with van der Waals surface area (Å²) in [5.41, 5.74) is 2.24. The van der Waals surface area contributed by atoms with E-state index in [1.54, 1.807) is 23.7 Å². The molecular weight excluding hydrogens is 352 g/mol. The Kier molecular flexibility index (Phi) is 3.59. The van der Waals surface area contributed by atoms with Crippen LogP contribution in [0.25, 0.3) is 11.0 Å². The van der Waals surface area contributed by atoms with Crippen molar-refractivity contribution in [2.45, 2.75) is 10.9 Å². The maximum atomic E-state index is 12.6. The zero-order valence-corrected chi connectivity index (χ0v) is 13.7. The number of benzene rings is 2. The number of halogens is 1. The van der Waals surface area contributed by atoms with Gasteiger partial charge < -0.3 is 4.57 Å². The first-order valence-corrected chi connectivity index (χ1v) is 8.80. The monoisotopic (exact) mass is 364 g/mol. The van der Waals surface area contributed by atoms with E-state index in [4.69, 9.17) is 0 Å². The second-order valence-electron chi connectivity index (χ2n) is 4.83. The lowest BCUT2D eigenvalue weighted by atomic mass is 10.2. The zero-order valence-electron chi connectivity index (χ0n) is 11.3. The molecule has 0 aliphatic rings. The quantitative estimate of drug-likeness (QED) is 0.716. The van der Waals surface area contributed by atoms with Crippen molar-refractivity contribution in [3.63, 3.8) is 0 Å². The summed E-state index contributed by atoms with van der Waals surface area (Å²) < 4.78 is 27.7. The van der Waals surface area contributed by atoms with Crippen molar-refractivity contribution >= 4 is 36.8 Å². The van der Waals surface area contributed by atoms with Gasteiger partial charge in [-0.15, -0.1) is 0 Å². The number of aromatic nitrogens is 2. The summed E-state index contributed by atoms with van der Waals surface area (Å²) in [6.07, 6.45) is 0. The second kappa shape index (κ2) is 5.27. The number of fused-ring (bicyclic) bond motifs is 1. The predicted octanol–water partition coefficient (Wildman–Crippen LogP) is 3.31. The minimum atomic E-state index is -3.48. The molecule has 0 fully saturated rings. The highest BCUT2D eigenvalue weighted by atomic mass is 79.9. The summed E-state index contributed by atoms with van der Waals surface area (Å²) in [4.78, 5) is 4.26. The lowest BCUT2D eigenvalue weighted by Gasteiger charge is -2.05. The van der Waals surface area contributed by atoms with Crippen molar-refractivity contribution in [2.24, 2.45) is 7.05 Å². The van der Waals surface area contributed by atoms with Gasteiger partial charge in [-0.3, -0.25) is 0 Å². The molecule has 0 bridgehead atoms. The Morgan fingerprint density at radius 1 is 1.10 bits per heavy atom. The molecule has 0 spiro atoms. The van der Waals surface area contributed by atoms with E-state index >= 15 is 0 Å². The first-order valence-electron chi connectivity index (χ1n) is 6.36. The van der Waals surface area contributed by atoms with Gasteiger partial charge in [0.05, 0.1) is 16.8 Å². The Morgan fingerprint density at radius 3 is 2.43 bits per heavy atom. The molecule has 1 heterocycles. The van der Waals surface area contributed by atoms with Crippen LogP contribution in [0.3, 0.4) is 0 Å². The molecule has 3 rings (SSSR count). The topological polar surface area (TPSA) is 52.0 Å². The molecule has 6 heteroatoms. The molecule has 0 amide bonds. The van der Waals surface area contributed by atoms with Gasteiger partial charge in [-0.1, -0.05) is 40.2 Å². The van der Waals surface area contributed by atoms with Crippen LogP contribution in [-0.2, 0) is 22.6 Å². The number of imidazole rings is 1. The first kappa shape index (κ1) is 14.3. The Balaban J connectivity index is 2.04. The summed E-state index contributed by atoms with van der Waals surface area (Å²) in [6.45, 7) is 0. The number of hydrogen-bond donors (Lipinski definition) is 0. The van der Waals surface area contributed by atoms with Gasteiger partial charge in [-0.2, -0.15) is 0 Å². The van der Waals surface area contributed by atoms with Gasteiger partial charge in [-0.05, 0) is 29.8 Å². The van der Waals surface area contributed by atoms with Gasteiger partial charge in [0, 0.05) is 11.5 Å². The summed E-state index contributed by atoms with van der Waals surface area (Å²) in [5, 5.41) is 0.103. The molecule has 0 saturated carbocycles. The fourth-order valence-corrected chi connectivity index (χ4v) is 4.04. The average Bonchev–Trinajstić information content (AvgIpc) is 2.80. The number of sulfone groups is 1. The van der Waals surface area contributed by atoms with Gasteiger partial charge >= 0.3 is 0 Å². The largest absolute Gasteiger partial charge is 0.318 e. The van der Waals surface area contributed by atoms with E-state index in [1.807, 2.05) is 36.4 Å². The zero-order chi connectivity index (χ0) is 15.0. The van der Waals surface area contributed by atoms with Crippen molar-refractivity contribution in [1.29, 1.82) is 0 Å². The minimum Gasteiger partial charge on any atom is -0.318 e. The number of para-hydroxylation sites is 2. The summed E-state index contributed by atoms with van der Waals surface area (Å²) >= 11 is 3.34. The van der Waals surface area contributed by atoms with Crippen LogP contribution in [0.1, 0.15) is 5.56 Å². The number of rotatable bonds is 3. The van der Waals surface area contributed by atoms with Crippen LogP contribution in [0.2, 0.25) is 0 Å². The van der Waals surface area contributed by atoms with Gasteiger partial charge in [-0.25, -0.2) is 13.4 Å². The van der Waals surface area contributed by atoms with E-state index in [0.717, 1.165) is 15.6 Å². The van der Waals surface area contributed by atoms with Crippen molar-refractivity contribution in [3.8, 4) is 0 Å². The van der Waals surface area contributed by atoms with E-state index in [2.05, 4.69) is 20.9 Å². The normalized spacial score (nSPS) is 11.9. The Morgan fingerprint density at radius 2 is 1.76 bits per heavy atom. The number of nitrogens with zero attached hydrogens (tertiary/aromatic N) is 2. The molecule has 0 saturated heterocycles. The number of hydrogen-bond acceptors (Lipinski definition) is 3. The van der Waals surface area contributed by atoms with E-state index in [9.17, 15) is 8.42 Å². The maximum Gasteiger partial charge on any atom is 0.228 e. The summed E-state index contributed by atoms with van der Waals surface area (Å²) in [6, 6.07) is 14.7. The van der Waals surface area contributed by atoms with Crippen molar-refractivity contribution < 1.29 is 8.42 Å². The predicted molar refractivity (Wildman–Crippen MR) is 85.7 cm³/mol. The van der Waals surface area contributed by atoms with E-state index in [0.29, 0.717) is 5.52 Å². The van der Waals surface area contributed by atoms with Crippen molar-refractivity contribution in [2.75, 3.05) is 0 Å². The van der Waals surface area contributed by atoms with E-state index in [1.165, 1.54) is 0 Å². The maximum absolute atomic E-state index is 12.6. The fraction of sp³-hybridized carbons (Fsp3) is 0.133. The number of aryl methyl sites for hydroxylation is 1. The molecule has 3 aromatic rings. The third-order valence-corrected chi connectivity index (χ3v) is 5.46. The van der Waals surface area contributed by atoms with Crippen LogP contribution in [0.5, 0.6) is 0 Å². The standard InChI is InChI=1S/C15H13BrN2O2S/c1-18-14-5-3-2-4-13(14)17-15(18)21(19,20)10-11-6-8-12(16)9-7-11/h2-9H,10H2,1H3. The summed E-state index contributed by atoms with van der Waals surface area (Å²) in [7, 11) is -1.76. The molecule has 0 aliphatic carbocycles. The molecule has 2 aromatic carbocycles. The molecule has 108 valence electrons. The molecule has 21 heavy (non-hydrogen) atoms. The van der Waals surface area contributed by atoms with Gasteiger partial charge in [0.2, 0.25) is 15.0 Å². The van der Waals surface area contributed by atoms with Gasteiger partial charge in [0.25, 0.3) is 0 Å². The minimum absolute atomic E-state index is 0.0581. The van der Waals surface area contributed by atoms with E-state index < -0.39 is 9.84 Å². The Hall–Kier alpha value is -1.66. The molecule has 0 aliphatic heterocycles. The van der Waals surface area contributed by atoms with Crippen LogP contribution in [0.15, 0.2) is 58.2 Å². The van der Waals surface area contributed by atoms with Crippen LogP contribution >= 0.6 is 15.9 Å². The lowest BCUT2D eigenvalue weighted by Crippen LogP contribution is -2.11. The molecule has 0 atom stereocenters. The highest BCUT2D eigenvalue weighted by molar-refractivity contribution is 9.10. The SMILES string of the molecule is Cn1c(S(=O)(=O)Cc2ccc(Br)cc2)nc2ccccc21. The van der Waals surface area contributed by atoms with Crippen LogP contribution in [0, 0.1) is 0 Å². The Labute approximate surface area is 131 Å². The second-order valence-corrected chi connectivity index (χ2v) is 7.63. The highest BCUT2D eigenvalue weighted by Gasteiger charge is 2.22. The highest BCUT2D eigenvalue weighted by Crippen LogP contribution is 2.21. The molecule has 0 unspecified atom stereocenters. The van der Waals surface area contributed by atoms with Crippen molar-refractivity contribution in [3.05, 3.63) is 58.6 Å². The molecule has 4 nitrogen and oxygen atoms in total. The average molecular weight is 365 g/mol. The van der Waals surface area contributed by atoms with E-state index in [-0.39, 0.29) is 10.9 Å². The van der Waals surface area contributed by atoms with Crippen LogP contribution in [0.4, 0.5) is 0 Å². The smallest absolute Gasteiger partial charge is 0.228 e.